The van der Waals surface area contributed by atoms with Crippen LogP contribution >= 0.6 is 11.6 Å². The minimum atomic E-state index is -0.366. The molecular weight excluding hydrogens is 280 g/mol. The number of ether oxygens (including phenoxy) is 1. The molecule has 2 fully saturated rings. The van der Waals surface area contributed by atoms with Crippen LogP contribution in [0, 0.1) is 0 Å². The highest BCUT2D eigenvalue weighted by molar-refractivity contribution is 6.31. The quantitative estimate of drug-likeness (QED) is 0.908. The summed E-state index contributed by atoms with van der Waals surface area (Å²) in [5.41, 5.74) is 0.606. The van der Waals surface area contributed by atoms with Gasteiger partial charge in [0.25, 0.3) is 0 Å². The Morgan fingerprint density at radius 2 is 2.25 bits per heavy atom. The second-order valence-electron chi connectivity index (χ2n) is 5.64. The van der Waals surface area contributed by atoms with E-state index < -0.39 is 0 Å². The maximum Gasteiger partial charge on any atom is 0.410 e. The molecule has 2 aliphatic heterocycles. The molecule has 108 valence electrons. The van der Waals surface area contributed by atoms with Crippen molar-refractivity contribution in [3.63, 3.8) is 0 Å². The second kappa shape index (κ2) is 4.82. The molecule has 2 aliphatic rings. The number of likely N-dealkylation sites (tertiary alicyclic amines) is 1. The van der Waals surface area contributed by atoms with E-state index in [1.54, 1.807) is 24.1 Å². The summed E-state index contributed by atoms with van der Waals surface area (Å²) in [6.45, 7) is 2.94. The average molecular weight is 297 g/mol. The first-order chi connectivity index (χ1) is 9.47. The van der Waals surface area contributed by atoms with Crippen LogP contribution in [0.15, 0.2) is 18.2 Å². The molecule has 0 aliphatic carbocycles. The van der Waals surface area contributed by atoms with E-state index in [1.165, 1.54) is 0 Å². The van der Waals surface area contributed by atoms with Crippen molar-refractivity contribution >= 4 is 17.7 Å². The van der Waals surface area contributed by atoms with Gasteiger partial charge in [0, 0.05) is 38.1 Å². The van der Waals surface area contributed by atoms with E-state index in [1.807, 2.05) is 6.07 Å². The van der Waals surface area contributed by atoms with Crippen LogP contribution < -0.4 is 0 Å². The van der Waals surface area contributed by atoms with Crippen LogP contribution in [0.25, 0.3) is 0 Å². The van der Waals surface area contributed by atoms with Crippen molar-refractivity contribution in [2.75, 3.05) is 26.7 Å². The van der Waals surface area contributed by atoms with Crippen molar-refractivity contribution in [1.29, 1.82) is 0 Å². The van der Waals surface area contributed by atoms with Crippen LogP contribution in [-0.2, 0) is 11.3 Å². The molecule has 1 aromatic carbocycles. The molecule has 6 heteroatoms. The summed E-state index contributed by atoms with van der Waals surface area (Å²) in [6, 6.07) is 5.01. The second-order valence-corrected chi connectivity index (χ2v) is 6.05. The number of amides is 1. The van der Waals surface area contributed by atoms with Crippen LogP contribution in [0.2, 0.25) is 5.02 Å². The summed E-state index contributed by atoms with van der Waals surface area (Å²) in [5, 5.41) is 9.92. The molecule has 0 saturated carbocycles. The Labute approximate surface area is 122 Å². The van der Waals surface area contributed by atoms with E-state index in [2.05, 4.69) is 4.90 Å². The maximum atomic E-state index is 11.5. The molecule has 2 heterocycles. The van der Waals surface area contributed by atoms with Gasteiger partial charge in [-0.1, -0.05) is 17.7 Å². The van der Waals surface area contributed by atoms with Gasteiger partial charge in [0.1, 0.15) is 11.4 Å². The number of nitrogens with zero attached hydrogens (tertiary/aromatic N) is 2. The van der Waals surface area contributed by atoms with Crippen LogP contribution in [0.5, 0.6) is 5.75 Å². The Balaban J connectivity index is 1.68. The molecule has 1 atom stereocenters. The summed E-state index contributed by atoms with van der Waals surface area (Å²) in [7, 11) is 1.76. The first-order valence-corrected chi connectivity index (χ1v) is 6.99. The Hall–Kier alpha value is -1.46. The topological polar surface area (TPSA) is 53.0 Å². The normalized spacial score (nSPS) is 26.5. The van der Waals surface area contributed by atoms with Crippen LogP contribution in [-0.4, -0.2) is 53.3 Å². The van der Waals surface area contributed by atoms with E-state index in [0.717, 1.165) is 25.1 Å². The third-order valence-corrected chi connectivity index (χ3v) is 4.32. The maximum absolute atomic E-state index is 11.5. The van der Waals surface area contributed by atoms with Gasteiger partial charge in [-0.3, -0.25) is 4.90 Å². The molecule has 1 amide bonds. The van der Waals surface area contributed by atoms with Gasteiger partial charge < -0.3 is 14.7 Å². The van der Waals surface area contributed by atoms with Crippen molar-refractivity contribution in [3.05, 3.63) is 28.8 Å². The molecule has 1 spiro atoms. The van der Waals surface area contributed by atoms with E-state index in [9.17, 15) is 9.90 Å². The van der Waals surface area contributed by atoms with Gasteiger partial charge in [0.15, 0.2) is 0 Å². The first-order valence-electron chi connectivity index (χ1n) is 6.61. The Kier molecular flexibility index (Phi) is 3.26. The van der Waals surface area contributed by atoms with Gasteiger partial charge in [-0.05, 0) is 17.7 Å². The third kappa shape index (κ3) is 2.43. The van der Waals surface area contributed by atoms with Crippen molar-refractivity contribution in [3.8, 4) is 5.75 Å². The molecule has 3 rings (SSSR count). The predicted octanol–water partition coefficient (Wildman–Crippen LogP) is 2.07. The third-order valence-electron chi connectivity index (χ3n) is 3.97. The van der Waals surface area contributed by atoms with Gasteiger partial charge in [-0.15, -0.1) is 0 Å². The van der Waals surface area contributed by atoms with Gasteiger partial charge >= 0.3 is 6.09 Å². The molecule has 1 N–H and O–H groups in total. The summed E-state index contributed by atoms with van der Waals surface area (Å²) in [5.74, 6) is 0.169. The Morgan fingerprint density at radius 1 is 1.45 bits per heavy atom. The lowest BCUT2D eigenvalue weighted by Gasteiger charge is -2.22. The average Bonchev–Trinajstić information content (AvgIpc) is 2.88. The molecule has 0 bridgehead atoms. The SMILES string of the molecule is CN1C[C@]2(CCN(Cc3ccc(O)cc3Cl)C2)OC1=O. The zero-order chi connectivity index (χ0) is 14.3. The number of halogens is 1. The van der Waals surface area contributed by atoms with E-state index >= 15 is 0 Å². The van der Waals surface area contributed by atoms with Crippen molar-refractivity contribution in [2.24, 2.45) is 0 Å². The predicted molar refractivity (Wildman–Crippen MR) is 74.9 cm³/mol. The molecule has 0 radical (unpaired) electrons. The number of likely N-dealkylation sites (N-methyl/N-ethyl adjacent to an activating group) is 1. The number of carbonyl (C=O) groups is 1. The zero-order valence-electron chi connectivity index (χ0n) is 11.3. The number of phenols is 1. The van der Waals surface area contributed by atoms with E-state index in [-0.39, 0.29) is 17.4 Å². The smallest absolute Gasteiger partial charge is 0.410 e. The fourth-order valence-electron chi connectivity index (χ4n) is 2.97. The number of carbonyl (C=O) groups excluding carboxylic acids is 1. The summed E-state index contributed by atoms with van der Waals surface area (Å²) in [6.07, 6.45) is 0.605. The monoisotopic (exact) mass is 296 g/mol. The standard InChI is InChI=1S/C14H17ClN2O3/c1-16-8-14(20-13(16)19)4-5-17(9-14)7-10-2-3-11(18)6-12(10)15/h2-3,6,18H,4-5,7-9H2,1H3/t14-/m0/s1. The lowest BCUT2D eigenvalue weighted by molar-refractivity contribution is 0.0627. The highest BCUT2D eigenvalue weighted by Gasteiger charge is 2.48. The lowest BCUT2D eigenvalue weighted by atomic mass is 10.0. The number of hydrogen-bond donors (Lipinski definition) is 1. The van der Waals surface area contributed by atoms with Crippen LogP contribution in [0.4, 0.5) is 4.79 Å². The zero-order valence-corrected chi connectivity index (χ0v) is 12.1. The first kappa shape index (κ1) is 13.5. The lowest BCUT2D eigenvalue weighted by Crippen LogP contribution is -2.37. The van der Waals surface area contributed by atoms with Gasteiger partial charge in [0.05, 0.1) is 6.54 Å². The van der Waals surface area contributed by atoms with Crippen molar-refractivity contribution in [1.82, 2.24) is 9.80 Å². The van der Waals surface area contributed by atoms with E-state index in [0.29, 0.717) is 18.1 Å². The van der Waals surface area contributed by atoms with Gasteiger partial charge in [-0.2, -0.15) is 0 Å². The molecule has 1 aromatic rings. The fraction of sp³-hybridized carbons (Fsp3) is 0.500. The van der Waals surface area contributed by atoms with Gasteiger partial charge in [-0.25, -0.2) is 4.79 Å². The molecule has 20 heavy (non-hydrogen) atoms. The van der Waals surface area contributed by atoms with Crippen LogP contribution in [0.3, 0.4) is 0 Å². The number of hydrogen-bond acceptors (Lipinski definition) is 4. The Bertz CT molecular complexity index is 551. The van der Waals surface area contributed by atoms with Gasteiger partial charge in [0.2, 0.25) is 0 Å². The number of benzene rings is 1. The van der Waals surface area contributed by atoms with Crippen molar-refractivity contribution in [2.45, 2.75) is 18.6 Å². The number of phenolic OH excluding ortho intramolecular Hbond substituents is 1. The molecular formula is C14H17ClN2O3. The Morgan fingerprint density at radius 3 is 2.90 bits per heavy atom. The molecule has 2 saturated heterocycles. The largest absolute Gasteiger partial charge is 0.508 e. The molecule has 0 unspecified atom stereocenters. The summed E-state index contributed by atoms with van der Waals surface area (Å²) in [4.78, 5) is 15.4. The minimum Gasteiger partial charge on any atom is -0.508 e. The molecule has 5 nitrogen and oxygen atoms in total. The summed E-state index contributed by atoms with van der Waals surface area (Å²) < 4.78 is 5.51. The number of aromatic hydroxyl groups is 1. The molecule has 0 aromatic heterocycles. The van der Waals surface area contributed by atoms with Crippen molar-refractivity contribution < 1.29 is 14.6 Å². The van der Waals surface area contributed by atoms with E-state index in [4.69, 9.17) is 16.3 Å². The highest BCUT2D eigenvalue weighted by atomic mass is 35.5. The highest BCUT2D eigenvalue weighted by Crippen LogP contribution is 2.33. The van der Waals surface area contributed by atoms with Crippen LogP contribution in [0.1, 0.15) is 12.0 Å². The fourth-order valence-corrected chi connectivity index (χ4v) is 3.21. The summed E-state index contributed by atoms with van der Waals surface area (Å²) >= 11 is 6.13. The number of rotatable bonds is 2. The minimum absolute atomic E-state index is 0.169.